The van der Waals surface area contributed by atoms with Crippen LogP contribution in [0.3, 0.4) is 0 Å². The quantitative estimate of drug-likeness (QED) is 0.802. The second kappa shape index (κ2) is 6.28. The molecule has 0 unspecified atom stereocenters. The van der Waals surface area contributed by atoms with E-state index < -0.39 is 0 Å². The fourth-order valence-electron chi connectivity index (χ4n) is 2.27. The van der Waals surface area contributed by atoms with Gasteiger partial charge in [-0.3, -0.25) is 0 Å². The molecule has 0 saturated carbocycles. The van der Waals surface area contributed by atoms with Gasteiger partial charge in [0.1, 0.15) is 29.9 Å². The third-order valence-corrected chi connectivity index (χ3v) is 3.28. The molecule has 0 aliphatic rings. The van der Waals surface area contributed by atoms with Gasteiger partial charge >= 0.3 is 0 Å². The van der Waals surface area contributed by atoms with Gasteiger partial charge in [-0.25, -0.2) is 9.49 Å². The van der Waals surface area contributed by atoms with Crippen LogP contribution in [0.25, 0.3) is 11.3 Å². The van der Waals surface area contributed by atoms with E-state index in [-0.39, 0.29) is 12.4 Å². The van der Waals surface area contributed by atoms with Gasteiger partial charge in [0, 0.05) is 5.56 Å². The number of hydrogen-bond donors (Lipinski definition) is 1. The van der Waals surface area contributed by atoms with E-state index in [1.165, 1.54) is 12.1 Å². The molecule has 0 atom stereocenters. The maximum atomic E-state index is 13.2. The van der Waals surface area contributed by atoms with Crippen molar-refractivity contribution in [2.75, 3.05) is 0 Å². The maximum Gasteiger partial charge on any atom is 0.163 e. The number of halogens is 1. The van der Waals surface area contributed by atoms with Crippen molar-refractivity contribution in [3.63, 3.8) is 0 Å². The first-order valence-electron chi connectivity index (χ1n) is 6.96. The van der Waals surface area contributed by atoms with E-state index in [4.69, 9.17) is 10.00 Å². The van der Waals surface area contributed by atoms with Crippen LogP contribution in [0.5, 0.6) is 5.75 Å². The number of nitrogens with one attached hydrogen (secondary N) is 1. The van der Waals surface area contributed by atoms with Crippen molar-refractivity contribution in [2.45, 2.75) is 13.5 Å². The van der Waals surface area contributed by atoms with Gasteiger partial charge in [-0.15, -0.1) is 5.10 Å². The summed E-state index contributed by atoms with van der Waals surface area (Å²) >= 11 is 0. The molecule has 1 aromatic heterocycles. The van der Waals surface area contributed by atoms with Crippen molar-refractivity contribution in [2.24, 2.45) is 0 Å². The van der Waals surface area contributed by atoms with Crippen molar-refractivity contribution >= 4 is 0 Å². The predicted molar refractivity (Wildman–Crippen MR) is 82.0 cm³/mol. The lowest BCUT2D eigenvalue weighted by Crippen LogP contribution is -1.97. The number of rotatable bonds is 4. The summed E-state index contributed by atoms with van der Waals surface area (Å²) in [4.78, 5) is 0. The number of H-pyrrole nitrogens is 1. The first-order valence-corrected chi connectivity index (χ1v) is 6.96. The normalized spacial score (nSPS) is 10.3. The van der Waals surface area contributed by atoms with Gasteiger partial charge in [-0.1, -0.05) is 17.3 Å². The summed E-state index contributed by atoms with van der Waals surface area (Å²) in [5.41, 5.74) is 3.22. The highest BCUT2D eigenvalue weighted by molar-refractivity contribution is 5.66. The highest BCUT2D eigenvalue weighted by Gasteiger charge is 2.11. The minimum absolute atomic E-state index is 0.255. The Kier molecular flexibility index (Phi) is 4.02. The zero-order valence-corrected chi connectivity index (χ0v) is 12.4. The van der Waals surface area contributed by atoms with Crippen molar-refractivity contribution in [1.82, 2.24) is 15.4 Å². The van der Waals surface area contributed by atoms with Crippen LogP contribution in [0.4, 0.5) is 4.39 Å². The van der Waals surface area contributed by atoms with Crippen molar-refractivity contribution in [1.29, 1.82) is 5.26 Å². The lowest BCUT2D eigenvalue weighted by Gasteiger charge is -2.09. The number of ether oxygens (including phenoxy) is 1. The van der Waals surface area contributed by atoms with Crippen LogP contribution in [0.1, 0.15) is 16.8 Å². The van der Waals surface area contributed by atoms with E-state index in [9.17, 15) is 4.39 Å². The monoisotopic (exact) mass is 308 g/mol. The molecule has 1 heterocycles. The van der Waals surface area contributed by atoms with Crippen LogP contribution in [0.15, 0.2) is 42.5 Å². The Morgan fingerprint density at radius 3 is 2.91 bits per heavy atom. The summed E-state index contributed by atoms with van der Waals surface area (Å²) in [6, 6.07) is 13.8. The van der Waals surface area contributed by atoms with Crippen LogP contribution in [0, 0.1) is 24.1 Å². The van der Waals surface area contributed by atoms with Gasteiger partial charge in [-0.2, -0.15) is 5.26 Å². The van der Waals surface area contributed by atoms with E-state index >= 15 is 0 Å². The molecule has 2 aromatic carbocycles. The average molecular weight is 308 g/mol. The van der Waals surface area contributed by atoms with E-state index in [1.54, 1.807) is 18.2 Å². The summed E-state index contributed by atoms with van der Waals surface area (Å²) in [6.07, 6.45) is 0. The molecule has 0 saturated heterocycles. The SMILES string of the molecule is Cc1cc(OCc2cccc(F)c2)cc(-c2nn[nH]c2C#N)c1. The van der Waals surface area contributed by atoms with E-state index in [1.807, 2.05) is 25.1 Å². The average Bonchev–Trinajstić information content (AvgIpc) is 3.01. The first kappa shape index (κ1) is 14.7. The zero-order chi connectivity index (χ0) is 16.2. The topological polar surface area (TPSA) is 74.6 Å². The number of nitriles is 1. The zero-order valence-electron chi connectivity index (χ0n) is 12.4. The summed E-state index contributed by atoms with van der Waals surface area (Å²) in [5, 5.41) is 19.2. The molecular formula is C17H13FN4O. The third-order valence-electron chi connectivity index (χ3n) is 3.28. The molecule has 114 valence electrons. The second-order valence-corrected chi connectivity index (χ2v) is 5.10. The number of aromatic amines is 1. The number of nitrogens with zero attached hydrogens (tertiary/aromatic N) is 3. The van der Waals surface area contributed by atoms with Gasteiger partial charge in [0.15, 0.2) is 5.69 Å². The van der Waals surface area contributed by atoms with Gasteiger partial charge in [0.2, 0.25) is 0 Å². The van der Waals surface area contributed by atoms with Crippen LogP contribution in [-0.4, -0.2) is 15.4 Å². The Morgan fingerprint density at radius 2 is 2.13 bits per heavy atom. The first-order chi connectivity index (χ1) is 11.2. The molecule has 5 nitrogen and oxygen atoms in total. The van der Waals surface area contributed by atoms with Crippen LogP contribution >= 0.6 is 0 Å². The fourth-order valence-corrected chi connectivity index (χ4v) is 2.27. The number of aryl methyl sites for hydroxylation is 1. The predicted octanol–water partition coefficient (Wildman–Crippen LogP) is 3.37. The molecule has 23 heavy (non-hydrogen) atoms. The summed E-state index contributed by atoms with van der Waals surface area (Å²) in [6.45, 7) is 2.18. The number of benzene rings is 2. The van der Waals surface area contributed by atoms with Crippen LogP contribution in [-0.2, 0) is 6.61 Å². The number of aromatic nitrogens is 3. The van der Waals surface area contributed by atoms with Crippen molar-refractivity contribution in [3.05, 3.63) is 65.1 Å². The fraction of sp³-hybridized carbons (Fsp3) is 0.118. The van der Waals surface area contributed by atoms with Crippen molar-refractivity contribution < 1.29 is 9.13 Å². The summed E-state index contributed by atoms with van der Waals surface area (Å²) in [5.74, 6) is 0.327. The van der Waals surface area contributed by atoms with E-state index in [0.717, 1.165) is 16.7 Å². The van der Waals surface area contributed by atoms with Gasteiger partial charge in [0.25, 0.3) is 0 Å². The van der Waals surface area contributed by atoms with Gasteiger partial charge in [0.05, 0.1) is 0 Å². The molecular weight excluding hydrogens is 295 g/mol. The standard InChI is InChI=1S/C17H13FN4O/c1-11-5-13(17-16(9-19)20-22-21-17)8-15(6-11)23-10-12-3-2-4-14(18)7-12/h2-8H,10H2,1H3,(H,20,21,22). The molecule has 0 fully saturated rings. The highest BCUT2D eigenvalue weighted by Crippen LogP contribution is 2.26. The molecule has 3 aromatic rings. The molecule has 1 N–H and O–H groups in total. The lowest BCUT2D eigenvalue weighted by atomic mass is 10.1. The maximum absolute atomic E-state index is 13.2. The molecule has 0 aliphatic heterocycles. The molecule has 0 amide bonds. The van der Waals surface area contributed by atoms with Crippen molar-refractivity contribution in [3.8, 4) is 23.1 Å². The second-order valence-electron chi connectivity index (χ2n) is 5.10. The smallest absolute Gasteiger partial charge is 0.163 e. The molecule has 6 heteroatoms. The minimum atomic E-state index is -0.294. The Labute approximate surface area is 132 Å². The molecule has 0 bridgehead atoms. The molecule has 3 rings (SSSR count). The van der Waals surface area contributed by atoms with Crippen LogP contribution < -0.4 is 4.74 Å². The summed E-state index contributed by atoms with van der Waals surface area (Å²) < 4.78 is 18.9. The molecule has 0 aliphatic carbocycles. The molecule has 0 spiro atoms. The highest BCUT2D eigenvalue weighted by atomic mass is 19.1. The van der Waals surface area contributed by atoms with Gasteiger partial charge < -0.3 is 4.74 Å². The Morgan fingerprint density at radius 1 is 1.26 bits per heavy atom. The summed E-state index contributed by atoms with van der Waals surface area (Å²) in [7, 11) is 0. The molecule has 0 radical (unpaired) electrons. The van der Waals surface area contributed by atoms with E-state index in [2.05, 4.69) is 15.4 Å². The largest absolute Gasteiger partial charge is 0.489 e. The number of hydrogen-bond acceptors (Lipinski definition) is 4. The third kappa shape index (κ3) is 3.35. The minimum Gasteiger partial charge on any atom is -0.489 e. The Balaban J connectivity index is 1.85. The van der Waals surface area contributed by atoms with Gasteiger partial charge in [-0.05, 0) is 48.4 Å². The van der Waals surface area contributed by atoms with Crippen LogP contribution in [0.2, 0.25) is 0 Å². The Bertz CT molecular complexity index is 882. The Hall–Kier alpha value is -3.20. The lowest BCUT2D eigenvalue weighted by molar-refractivity contribution is 0.305. The van der Waals surface area contributed by atoms with E-state index in [0.29, 0.717) is 17.1 Å².